The molecule has 110 valence electrons. The Morgan fingerprint density at radius 3 is 2.86 bits per heavy atom. The van der Waals surface area contributed by atoms with Gasteiger partial charge in [0.15, 0.2) is 0 Å². The molecule has 22 heavy (non-hydrogen) atoms. The summed E-state index contributed by atoms with van der Waals surface area (Å²) in [5.41, 5.74) is 2.90. The SMILES string of the molecule is O=C1C[C@H](c2nc3ccccc3[nH]2)CN1c1cccc(Br)c1. The van der Waals surface area contributed by atoms with Crippen LogP contribution >= 0.6 is 15.9 Å². The molecule has 0 radical (unpaired) electrons. The van der Waals surface area contributed by atoms with E-state index in [1.165, 1.54) is 0 Å². The first-order valence-corrected chi connectivity index (χ1v) is 8.00. The van der Waals surface area contributed by atoms with Crippen LogP contribution in [0.25, 0.3) is 11.0 Å². The third-order valence-corrected chi connectivity index (χ3v) is 4.53. The van der Waals surface area contributed by atoms with Crippen molar-refractivity contribution >= 4 is 38.6 Å². The second-order valence-electron chi connectivity index (χ2n) is 5.52. The lowest BCUT2D eigenvalue weighted by atomic mass is 10.1. The van der Waals surface area contributed by atoms with Crippen LogP contribution in [0.3, 0.4) is 0 Å². The minimum absolute atomic E-state index is 0.110. The van der Waals surface area contributed by atoms with Crippen LogP contribution in [0.15, 0.2) is 53.0 Å². The third kappa shape index (κ3) is 2.31. The van der Waals surface area contributed by atoms with Crippen molar-refractivity contribution in [3.63, 3.8) is 0 Å². The minimum Gasteiger partial charge on any atom is -0.342 e. The molecule has 0 bridgehead atoms. The first-order valence-electron chi connectivity index (χ1n) is 7.21. The van der Waals surface area contributed by atoms with E-state index < -0.39 is 0 Å². The van der Waals surface area contributed by atoms with Gasteiger partial charge < -0.3 is 9.88 Å². The number of aromatic amines is 1. The molecular formula is C17H14BrN3O. The molecule has 4 rings (SSSR count). The number of benzene rings is 2. The molecule has 5 heteroatoms. The summed E-state index contributed by atoms with van der Waals surface area (Å²) < 4.78 is 0.977. The van der Waals surface area contributed by atoms with Gasteiger partial charge in [-0.3, -0.25) is 4.79 Å². The van der Waals surface area contributed by atoms with Crippen LogP contribution in [0, 0.1) is 0 Å². The number of carbonyl (C=O) groups excluding carboxylic acids is 1. The first-order chi connectivity index (χ1) is 10.7. The topological polar surface area (TPSA) is 49.0 Å². The Bertz CT molecular complexity index is 825. The van der Waals surface area contributed by atoms with Gasteiger partial charge in [-0.2, -0.15) is 0 Å². The summed E-state index contributed by atoms with van der Waals surface area (Å²) in [6.45, 7) is 0.662. The summed E-state index contributed by atoms with van der Waals surface area (Å²) in [6, 6.07) is 15.8. The summed E-state index contributed by atoms with van der Waals surface area (Å²) in [4.78, 5) is 22.2. The van der Waals surface area contributed by atoms with Crippen molar-refractivity contribution in [1.82, 2.24) is 9.97 Å². The highest BCUT2D eigenvalue weighted by molar-refractivity contribution is 9.10. The Morgan fingerprint density at radius 2 is 2.05 bits per heavy atom. The third-order valence-electron chi connectivity index (χ3n) is 4.04. The van der Waals surface area contributed by atoms with Gasteiger partial charge in [0.25, 0.3) is 0 Å². The van der Waals surface area contributed by atoms with Gasteiger partial charge in [-0.1, -0.05) is 34.1 Å². The zero-order chi connectivity index (χ0) is 15.1. The number of imidazole rings is 1. The Labute approximate surface area is 136 Å². The maximum Gasteiger partial charge on any atom is 0.227 e. The molecule has 3 aromatic rings. The number of anilines is 1. The Balaban J connectivity index is 1.64. The standard InChI is InChI=1S/C17H14BrN3O/c18-12-4-3-5-13(9-12)21-10-11(8-16(21)22)17-19-14-6-1-2-7-15(14)20-17/h1-7,9,11H,8,10H2,(H,19,20)/t11-/m0/s1. The van der Waals surface area contributed by atoms with Gasteiger partial charge >= 0.3 is 0 Å². The number of carbonyl (C=O) groups is 1. The number of hydrogen-bond donors (Lipinski definition) is 1. The average Bonchev–Trinajstić information content (AvgIpc) is 3.10. The summed E-state index contributed by atoms with van der Waals surface area (Å²) in [5, 5.41) is 0. The monoisotopic (exact) mass is 355 g/mol. The maximum atomic E-state index is 12.4. The lowest BCUT2D eigenvalue weighted by molar-refractivity contribution is -0.117. The molecule has 4 nitrogen and oxygen atoms in total. The fourth-order valence-corrected chi connectivity index (χ4v) is 3.34. The predicted molar refractivity (Wildman–Crippen MR) is 89.9 cm³/mol. The van der Waals surface area contributed by atoms with Crippen molar-refractivity contribution in [2.75, 3.05) is 11.4 Å². The molecule has 1 saturated heterocycles. The highest BCUT2D eigenvalue weighted by atomic mass is 79.9. The zero-order valence-electron chi connectivity index (χ0n) is 11.8. The van der Waals surface area contributed by atoms with Crippen molar-refractivity contribution < 1.29 is 4.79 Å². The van der Waals surface area contributed by atoms with Gasteiger partial charge in [0, 0.05) is 29.0 Å². The molecule has 1 fully saturated rings. The van der Waals surface area contributed by atoms with Crippen LogP contribution < -0.4 is 4.90 Å². The molecule has 1 atom stereocenters. The molecule has 0 saturated carbocycles. The van der Waals surface area contributed by atoms with Crippen LogP contribution in [-0.4, -0.2) is 22.4 Å². The van der Waals surface area contributed by atoms with Gasteiger partial charge in [-0.05, 0) is 30.3 Å². The molecule has 0 unspecified atom stereocenters. The van der Waals surface area contributed by atoms with Gasteiger partial charge in [0.05, 0.1) is 11.0 Å². The Kier molecular flexibility index (Phi) is 3.22. The molecule has 2 heterocycles. The molecule has 0 aliphatic carbocycles. The smallest absolute Gasteiger partial charge is 0.227 e. The molecule has 1 aliphatic rings. The van der Waals surface area contributed by atoms with Crippen LogP contribution in [0.1, 0.15) is 18.2 Å². The van der Waals surface area contributed by atoms with Crippen LogP contribution in [0.2, 0.25) is 0 Å². The number of rotatable bonds is 2. The quantitative estimate of drug-likeness (QED) is 0.758. The van der Waals surface area contributed by atoms with E-state index in [1.807, 2.05) is 53.4 Å². The summed E-state index contributed by atoms with van der Waals surface area (Å²) >= 11 is 3.46. The van der Waals surface area contributed by atoms with Crippen molar-refractivity contribution in [3.8, 4) is 0 Å². The molecule has 1 N–H and O–H groups in total. The summed E-state index contributed by atoms with van der Waals surface area (Å²) in [7, 11) is 0. The number of para-hydroxylation sites is 2. The van der Waals surface area contributed by atoms with E-state index in [0.29, 0.717) is 13.0 Å². The van der Waals surface area contributed by atoms with Crippen LogP contribution in [0.4, 0.5) is 5.69 Å². The number of nitrogens with zero attached hydrogens (tertiary/aromatic N) is 2. The van der Waals surface area contributed by atoms with Crippen LogP contribution in [-0.2, 0) is 4.79 Å². The molecule has 1 amide bonds. The lowest BCUT2D eigenvalue weighted by Gasteiger charge is -2.16. The lowest BCUT2D eigenvalue weighted by Crippen LogP contribution is -2.24. The number of halogens is 1. The first kappa shape index (κ1) is 13.5. The van der Waals surface area contributed by atoms with Gasteiger partial charge in [-0.25, -0.2) is 4.98 Å². The fourth-order valence-electron chi connectivity index (χ4n) is 2.95. The van der Waals surface area contributed by atoms with E-state index in [-0.39, 0.29) is 11.8 Å². The number of fused-ring (bicyclic) bond motifs is 1. The minimum atomic E-state index is 0.110. The van der Waals surface area contributed by atoms with Gasteiger partial charge in [0.1, 0.15) is 5.82 Å². The predicted octanol–water partition coefficient (Wildman–Crippen LogP) is 3.85. The molecule has 1 aliphatic heterocycles. The number of hydrogen-bond acceptors (Lipinski definition) is 2. The van der Waals surface area contributed by atoms with Crippen molar-refractivity contribution in [3.05, 3.63) is 58.8 Å². The zero-order valence-corrected chi connectivity index (χ0v) is 13.4. The molecule has 2 aromatic carbocycles. The van der Waals surface area contributed by atoms with Crippen LogP contribution in [0.5, 0.6) is 0 Å². The highest BCUT2D eigenvalue weighted by Gasteiger charge is 2.33. The number of H-pyrrole nitrogens is 1. The van der Waals surface area contributed by atoms with E-state index in [4.69, 9.17) is 0 Å². The molecular weight excluding hydrogens is 342 g/mol. The Hall–Kier alpha value is -2.14. The second-order valence-corrected chi connectivity index (χ2v) is 6.44. The summed E-state index contributed by atoms with van der Waals surface area (Å²) in [6.07, 6.45) is 0.492. The van der Waals surface area contributed by atoms with Gasteiger partial charge in [-0.15, -0.1) is 0 Å². The normalized spacial score (nSPS) is 18.3. The van der Waals surface area contributed by atoms with E-state index >= 15 is 0 Å². The van der Waals surface area contributed by atoms with Gasteiger partial charge in [0.2, 0.25) is 5.91 Å². The van der Waals surface area contributed by atoms with E-state index in [1.54, 1.807) is 0 Å². The number of nitrogens with one attached hydrogen (secondary N) is 1. The van der Waals surface area contributed by atoms with E-state index in [0.717, 1.165) is 27.0 Å². The van der Waals surface area contributed by atoms with E-state index in [9.17, 15) is 4.79 Å². The maximum absolute atomic E-state index is 12.4. The van der Waals surface area contributed by atoms with Crippen molar-refractivity contribution in [2.45, 2.75) is 12.3 Å². The largest absolute Gasteiger partial charge is 0.342 e. The number of aromatic nitrogens is 2. The molecule has 1 aromatic heterocycles. The van der Waals surface area contributed by atoms with Crippen molar-refractivity contribution in [1.29, 1.82) is 0 Å². The highest BCUT2D eigenvalue weighted by Crippen LogP contribution is 2.32. The van der Waals surface area contributed by atoms with E-state index in [2.05, 4.69) is 25.9 Å². The average molecular weight is 356 g/mol. The molecule has 0 spiro atoms. The Morgan fingerprint density at radius 1 is 1.18 bits per heavy atom. The summed E-state index contributed by atoms with van der Waals surface area (Å²) in [5.74, 6) is 1.15. The second kappa shape index (κ2) is 5.25. The number of amides is 1. The fraction of sp³-hybridized carbons (Fsp3) is 0.176. The van der Waals surface area contributed by atoms with Crippen molar-refractivity contribution in [2.24, 2.45) is 0 Å².